The highest BCUT2D eigenvalue weighted by Crippen LogP contribution is 2.13. The maximum Gasteiger partial charge on any atom is 0.411 e. The Kier molecular flexibility index (Phi) is 5.79. The number of nitrogens with one attached hydrogen (secondary N) is 1. The highest BCUT2D eigenvalue weighted by Gasteiger charge is 2.27. The van der Waals surface area contributed by atoms with E-state index in [0.717, 1.165) is 0 Å². The van der Waals surface area contributed by atoms with Gasteiger partial charge in [-0.15, -0.1) is 0 Å². The number of rotatable bonds is 6. The van der Waals surface area contributed by atoms with Crippen LogP contribution in [0, 0.1) is 5.92 Å². The van der Waals surface area contributed by atoms with Gasteiger partial charge in [-0.1, -0.05) is 0 Å². The van der Waals surface area contributed by atoms with Crippen molar-refractivity contribution in [3.63, 3.8) is 0 Å². The number of hydrogen-bond acceptors (Lipinski definition) is 3. The normalized spacial score (nSPS) is 13.2. The van der Waals surface area contributed by atoms with Crippen LogP contribution in [0.1, 0.15) is 6.92 Å². The fraction of sp³-hybridized carbons (Fsp3) is 0.750. The zero-order valence-electron chi connectivity index (χ0n) is 8.50. The minimum atomic E-state index is -4.40. The molecule has 0 aromatic rings. The summed E-state index contributed by atoms with van der Waals surface area (Å²) < 4.78 is 39.0. The quantitative estimate of drug-likeness (QED) is 0.523. The maximum absolute atomic E-state index is 11.6. The molecule has 0 saturated heterocycles. The Balaban J connectivity index is 3.60. The zero-order valence-corrected chi connectivity index (χ0v) is 8.50. The molecule has 0 rings (SSSR count). The van der Waals surface area contributed by atoms with Crippen LogP contribution in [0.25, 0.3) is 0 Å². The standard InChI is InChI=1S/C8H12F3NO4/c1-5(7(14)15)6(13)12-2-3-16-4-8(9,10)11/h5H,2-4H2,1H3,(H,12,13)(H,14,15). The SMILES string of the molecule is CC(C(=O)O)C(=O)NCCOCC(F)(F)F. The van der Waals surface area contributed by atoms with Gasteiger partial charge in [0.1, 0.15) is 12.5 Å². The van der Waals surface area contributed by atoms with E-state index >= 15 is 0 Å². The predicted molar refractivity (Wildman–Crippen MR) is 46.7 cm³/mol. The smallest absolute Gasteiger partial charge is 0.411 e. The molecule has 0 heterocycles. The van der Waals surface area contributed by atoms with Crippen LogP contribution < -0.4 is 5.32 Å². The van der Waals surface area contributed by atoms with Gasteiger partial charge in [-0.3, -0.25) is 9.59 Å². The van der Waals surface area contributed by atoms with E-state index in [0.29, 0.717) is 0 Å². The summed E-state index contributed by atoms with van der Waals surface area (Å²) in [6, 6.07) is 0. The molecule has 0 spiro atoms. The number of carboxylic acid groups (broad SMARTS) is 1. The number of carbonyl (C=O) groups is 2. The van der Waals surface area contributed by atoms with Crippen LogP contribution in [-0.4, -0.2) is 42.9 Å². The lowest BCUT2D eigenvalue weighted by atomic mass is 10.2. The molecule has 0 aliphatic heterocycles. The molecule has 5 nitrogen and oxygen atoms in total. The van der Waals surface area contributed by atoms with E-state index in [9.17, 15) is 22.8 Å². The Morgan fingerprint density at radius 2 is 2.00 bits per heavy atom. The lowest BCUT2D eigenvalue weighted by Gasteiger charge is -2.09. The molecular formula is C8H12F3NO4. The monoisotopic (exact) mass is 243 g/mol. The largest absolute Gasteiger partial charge is 0.481 e. The molecule has 1 atom stereocenters. The third-order valence-corrected chi connectivity index (χ3v) is 1.58. The lowest BCUT2D eigenvalue weighted by molar-refractivity contribution is -0.173. The molecule has 94 valence electrons. The topological polar surface area (TPSA) is 75.6 Å². The Hall–Kier alpha value is -1.31. The number of carbonyl (C=O) groups excluding carboxylic acids is 1. The van der Waals surface area contributed by atoms with Crippen molar-refractivity contribution in [2.45, 2.75) is 13.1 Å². The van der Waals surface area contributed by atoms with Crippen molar-refractivity contribution in [3.05, 3.63) is 0 Å². The first-order valence-electron chi connectivity index (χ1n) is 4.39. The summed E-state index contributed by atoms with van der Waals surface area (Å²) >= 11 is 0. The second-order valence-corrected chi connectivity index (χ2v) is 3.02. The summed E-state index contributed by atoms with van der Waals surface area (Å²) in [6.07, 6.45) is -4.40. The summed E-state index contributed by atoms with van der Waals surface area (Å²) in [5, 5.41) is 10.6. The molecule has 0 aliphatic rings. The number of carboxylic acids is 1. The maximum atomic E-state index is 11.6. The first-order valence-corrected chi connectivity index (χ1v) is 4.39. The number of halogens is 3. The minimum absolute atomic E-state index is 0.160. The first-order chi connectivity index (χ1) is 7.24. The average Bonchev–Trinajstić information content (AvgIpc) is 2.13. The van der Waals surface area contributed by atoms with Crippen LogP contribution in [-0.2, 0) is 14.3 Å². The molecule has 0 aliphatic carbocycles. The van der Waals surface area contributed by atoms with E-state index in [1.54, 1.807) is 0 Å². The second kappa shape index (κ2) is 6.31. The van der Waals surface area contributed by atoms with Crippen LogP contribution in [0.4, 0.5) is 13.2 Å². The number of amides is 1. The van der Waals surface area contributed by atoms with Crippen LogP contribution in [0.15, 0.2) is 0 Å². The van der Waals surface area contributed by atoms with E-state index in [1.165, 1.54) is 6.92 Å². The van der Waals surface area contributed by atoms with Gasteiger partial charge in [-0.2, -0.15) is 13.2 Å². The molecule has 0 fully saturated rings. The number of hydrogen-bond donors (Lipinski definition) is 2. The second-order valence-electron chi connectivity index (χ2n) is 3.02. The van der Waals surface area contributed by atoms with Gasteiger partial charge in [-0.25, -0.2) is 0 Å². The van der Waals surface area contributed by atoms with Gasteiger partial charge in [0, 0.05) is 6.54 Å². The van der Waals surface area contributed by atoms with Gasteiger partial charge in [-0.05, 0) is 6.92 Å². The number of alkyl halides is 3. The summed E-state index contributed by atoms with van der Waals surface area (Å²) in [4.78, 5) is 21.3. The van der Waals surface area contributed by atoms with Crippen molar-refractivity contribution in [3.8, 4) is 0 Å². The van der Waals surface area contributed by atoms with Gasteiger partial charge in [0.2, 0.25) is 5.91 Å². The van der Waals surface area contributed by atoms with E-state index in [4.69, 9.17) is 5.11 Å². The van der Waals surface area contributed by atoms with Crippen molar-refractivity contribution in [1.82, 2.24) is 5.32 Å². The van der Waals surface area contributed by atoms with Crippen molar-refractivity contribution in [2.75, 3.05) is 19.8 Å². The molecule has 0 saturated carbocycles. The van der Waals surface area contributed by atoms with Crippen LogP contribution in [0.5, 0.6) is 0 Å². The molecular weight excluding hydrogens is 231 g/mol. The van der Waals surface area contributed by atoms with Gasteiger partial charge < -0.3 is 15.2 Å². The third-order valence-electron chi connectivity index (χ3n) is 1.58. The van der Waals surface area contributed by atoms with Crippen molar-refractivity contribution < 1.29 is 32.6 Å². The van der Waals surface area contributed by atoms with E-state index in [2.05, 4.69) is 10.1 Å². The summed E-state index contributed by atoms with van der Waals surface area (Å²) in [5.74, 6) is -3.29. The van der Waals surface area contributed by atoms with E-state index < -0.39 is 30.6 Å². The highest BCUT2D eigenvalue weighted by atomic mass is 19.4. The Labute approximate surface area is 89.6 Å². The summed E-state index contributed by atoms with van der Waals surface area (Å²) in [6.45, 7) is -0.699. The first kappa shape index (κ1) is 14.7. The molecule has 1 amide bonds. The van der Waals surface area contributed by atoms with Crippen molar-refractivity contribution in [1.29, 1.82) is 0 Å². The number of ether oxygens (including phenoxy) is 1. The van der Waals surface area contributed by atoms with Gasteiger partial charge in [0.25, 0.3) is 0 Å². The van der Waals surface area contributed by atoms with Gasteiger partial charge in [0.15, 0.2) is 0 Å². The number of aliphatic carboxylic acids is 1. The minimum Gasteiger partial charge on any atom is -0.481 e. The molecule has 16 heavy (non-hydrogen) atoms. The molecule has 0 radical (unpaired) electrons. The summed E-state index contributed by atoms with van der Waals surface area (Å²) in [7, 11) is 0. The van der Waals surface area contributed by atoms with Crippen LogP contribution >= 0.6 is 0 Å². The fourth-order valence-electron chi connectivity index (χ4n) is 0.700. The third kappa shape index (κ3) is 7.04. The zero-order chi connectivity index (χ0) is 12.8. The lowest BCUT2D eigenvalue weighted by Crippen LogP contribution is -2.35. The van der Waals surface area contributed by atoms with Crippen molar-refractivity contribution in [2.24, 2.45) is 5.92 Å². The Morgan fingerprint density at radius 1 is 1.44 bits per heavy atom. The molecule has 2 N–H and O–H groups in total. The molecule has 1 unspecified atom stereocenters. The van der Waals surface area contributed by atoms with E-state index in [1.807, 2.05) is 0 Å². The molecule has 0 aromatic carbocycles. The van der Waals surface area contributed by atoms with Crippen LogP contribution in [0.2, 0.25) is 0 Å². The Morgan fingerprint density at radius 3 is 2.44 bits per heavy atom. The van der Waals surface area contributed by atoms with Gasteiger partial charge in [0.05, 0.1) is 6.61 Å². The summed E-state index contributed by atoms with van der Waals surface area (Å²) in [5.41, 5.74) is 0. The molecule has 8 heteroatoms. The molecule has 0 aromatic heterocycles. The van der Waals surface area contributed by atoms with Crippen LogP contribution in [0.3, 0.4) is 0 Å². The predicted octanol–water partition coefficient (Wildman–Crippen LogP) is 0.402. The van der Waals surface area contributed by atoms with Crippen molar-refractivity contribution >= 4 is 11.9 Å². The van der Waals surface area contributed by atoms with E-state index in [-0.39, 0.29) is 13.2 Å². The van der Waals surface area contributed by atoms with Gasteiger partial charge >= 0.3 is 12.1 Å². The molecule has 0 bridgehead atoms. The highest BCUT2D eigenvalue weighted by molar-refractivity contribution is 5.96. The average molecular weight is 243 g/mol. The fourth-order valence-corrected chi connectivity index (χ4v) is 0.700. The Bertz CT molecular complexity index is 254.